The van der Waals surface area contributed by atoms with E-state index in [9.17, 15) is 0 Å². The van der Waals surface area contributed by atoms with Crippen molar-refractivity contribution in [3.05, 3.63) is 18.3 Å². The van der Waals surface area contributed by atoms with E-state index in [0.29, 0.717) is 0 Å². The van der Waals surface area contributed by atoms with Crippen molar-refractivity contribution in [2.45, 2.75) is 17.1 Å². The quantitative estimate of drug-likeness (QED) is 0.546. The summed E-state index contributed by atoms with van der Waals surface area (Å²) in [6.07, 6.45) is 1.75. The number of anilines is 1. The van der Waals surface area contributed by atoms with Gasteiger partial charge in [-0.05, 0) is 12.1 Å². The van der Waals surface area contributed by atoms with Crippen LogP contribution >= 0.6 is 11.8 Å². The lowest BCUT2D eigenvalue weighted by Gasteiger charge is -2.09. The van der Waals surface area contributed by atoms with Gasteiger partial charge in [0.2, 0.25) is 0 Å². The molecule has 1 unspecified atom stereocenters. The van der Waals surface area contributed by atoms with Crippen LogP contribution < -0.4 is 5.73 Å². The molecule has 0 radical (unpaired) electrons. The van der Waals surface area contributed by atoms with Gasteiger partial charge in [0.15, 0.2) is 0 Å². The Hall–Kier alpha value is -1.20. The fourth-order valence-electron chi connectivity index (χ4n) is 1.35. The van der Waals surface area contributed by atoms with Crippen LogP contribution in [0.25, 0.3) is 10.9 Å². The number of aliphatic hydroxyl groups excluding tert-OH is 1. The van der Waals surface area contributed by atoms with Crippen LogP contribution in [-0.2, 0) is 0 Å². The van der Waals surface area contributed by atoms with Crippen LogP contribution in [0.5, 0.6) is 0 Å². The van der Waals surface area contributed by atoms with Crippen LogP contribution in [0, 0.1) is 0 Å². The van der Waals surface area contributed by atoms with Crippen LogP contribution in [0.15, 0.2) is 23.2 Å². The molecule has 4 nitrogen and oxygen atoms in total. The number of aromatic nitrogens is 2. The summed E-state index contributed by atoms with van der Waals surface area (Å²) in [7, 11) is 0. The number of rotatable bonds is 3. The van der Waals surface area contributed by atoms with Crippen molar-refractivity contribution >= 4 is 28.4 Å². The highest BCUT2D eigenvalue weighted by molar-refractivity contribution is 8.00. The standard InChI is InChI=1S/C10H13N3OS/c1-6(5-14)15-10-3-9-7(2-8(10)11)4-12-13-9/h2-4,6,14H,5,11H2,1H3,(H,12,13). The zero-order chi connectivity index (χ0) is 10.8. The zero-order valence-electron chi connectivity index (χ0n) is 8.40. The monoisotopic (exact) mass is 223 g/mol. The Bertz CT molecular complexity index is 469. The molecule has 0 saturated carbocycles. The summed E-state index contributed by atoms with van der Waals surface area (Å²) >= 11 is 1.57. The zero-order valence-corrected chi connectivity index (χ0v) is 9.21. The molecule has 0 aliphatic heterocycles. The minimum Gasteiger partial charge on any atom is -0.398 e. The van der Waals surface area contributed by atoms with Crippen molar-refractivity contribution in [3.8, 4) is 0 Å². The van der Waals surface area contributed by atoms with Crippen LogP contribution in [-0.4, -0.2) is 27.2 Å². The van der Waals surface area contributed by atoms with Crippen LogP contribution in [0.1, 0.15) is 6.92 Å². The van der Waals surface area contributed by atoms with E-state index < -0.39 is 0 Å². The summed E-state index contributed by atoms with van der Waals surface area (Å²) in [5.41, 5.74) is 7.60. The Morgan fingerprint density at radius 1 is 1.60 bits per heavy atom. The Morgan fingerprint density at radius 2 is 2.40 bits per heavy atom. The molecule has 1 heterocycles. The topological polar surface area (TPSA) is 74.9 Å². The fraction of sp³-hybridized carbons (Fsp3) is 0.300. The number of aromatic amines is 1. The molecule has 0 aliphatic carbocycles. The van der Waals surface area contributed by atoms with E-state index in [4.69, 9.17) is 10.8 Å². The average Bonchev–Trinajstić information content (AvgIpc) is 2.65. The Kier molecular flexibility index (Phi) is 2.83. The van der Waals surface area contributed by atoms with E-state index in [2.05, 4.69) is 10.2 Å². The molecular weight excluding hydrogens is 210 g/mol. The SMILES string of the molecule is CC(CO)Sc1cc2[nH]ncc2cc1N. The van der Waals surface area contributed by atoms with Crippen molar-refractivity contribution in [1.29, 1.82) is 0 Å². The van der Waals surface area contributed by atoms with Gasteiger partial charge < -0.3 is 10.8 Å². The predicted molar refractivity (Wildman–Crippen MR) is 62.9 cm³/mol. The van der Waals surface area contributed by atoms with Gasteiger partial charge in [-0.25, -0.2) is 0 Å². The molecular formula is C10H13N3OS. The largest absolute Gasteiger partial charge is 0.398 e. The van der Waals surface area contributed by atoms with Gasteiger partial charge >= 0.3 is 0 Å². The van der Waals surface area contributed by atoms with Crippen molar-refractivity contribution in [1.82, 2.24) is 10.2 Å². The molecule has 80 valence electrons. The minimum absolute atomic E-state index is 0.144. The van der Waals surface area contributed by atoms with E-state index in [1.54, 1.807) is 18.0 Å². The molecule has 0 saturated heterocycles. The van der Waals surface area contributed by atoms with Crippen LogP contribution in [0.4, 0.5) is 5.69 Å². The molecule has 4 N–H and O–H groups in total. The minimum atomic E-state index is 0.144. The molecule has 1 atom stereocenters. The van der Waals surface area contributed by atoms with E-state index in [-0.39, 0.29) is 11.9 Å². The molecule has 0 amide bonds. The molecule has 0 aliphatic rings. The third-order valence-corrected chi connectivity index (χ3v) is 3.31. The summed E-state index contributed by atoms with van der Waals surface area (Å²) in [6, 6.07) is 3.86. The first-order chi connectivity index (χ1) is 7.20. The van der Waals surface area contributed by atoms with Gasteiger partial charge in [0, 0.05) is 21.2 Å². The maximum atomic E-state index is 8.98. The fourth-order valence-corrected chi connectivity index (χ4v) is 2.23. The lowest BCUT2D eigenvalue weighted by molar-refractivity contribution is 0.300. The van der Waals surface area contributed by atoms with Gasteiger partial charge in [0.05, 0.1) is 18.3 Å². The first-order valence-electron chi connectivity index (χ1n) is 4.71. The number of nitrogens with one attached hydrogen (secondary N) is 1. The van der Waals surface area contributed by atoms with Gasteiger partial charge in [0.1, 0.15) is 0 Å². The number of aliphatic hydroxyl groups is 1. The number of nitrogens with zero attached hydrogens (tertiary/aromatic N) is 1. The van der Waals surface area contributed by atoms with E-state index >= 15 is 0 Å². The molecule has 0 bridgehead atoms. The number of hydrogen-bond acceptors (Lipinski definition) is 4. The normalized spacial score (nSPS) is 13.2. The number of nitrogen functional groups attached to an aromatic ring is 1. The second kappa shape index (κ2) is 4.12. The van der Waals surface area contributed by atoms with Crippen molar-refractivity contribution < 1.29 is 5.11 Å². The van der Waals surface area contributed by atoms with Crippen LogP contribution in [0.2, 0.25) is 0 Å². The molecule has 0 fully saturated rings. The molecule has 1 aromatic heterocycles. The third-order valence-electron chi connectivity index (χ3n) is 2.16. The Balaban J connectivity index is 2.37. The van der Waals surface area contributed by atoms with Crippen molar-refractivity contribution in [2.75, 3.05) is 12.3 Å². The van der Waals surface area contributed by atoms with Crippen LogP contribution in [0.3, 0.4) is 0 Å². The number of hydrogen-bond donors (Lipinski definition) is 3. The highest BCUT2D eigenvalue weighted by Crippen LogP contribution is 2.31. The van der Waals surface area contributed by atoms with E-state index in [0.717, 1.165) is 21.5 Å². The van der Waals surface area contributed by atoms with E-state index in [1.165, 1.54) is 0 Å². The molecule has 2 aromatic rings. The Morgan fingerprint density at radius 3 is 3.13 bits per heavy atom. The van der Waals surface area contributed by atoms with Gasteiger partial charge in [-0.1, -0.05) is 6.92 Å². The number of fused-ring (bicyclic) bond motifs is 1. The second-order valence-electron chi connectivity index (χ2n) is 3.46. The summed E-state index contributed by atoms with van der Waals surface area (Å²) in [5.74, 6) is 0. The maximum absolute atomic E-state index is 8.98. The lowest BCUT2D eigenvalue weighted by Crippen LogP contribution is -2.02. The molecule has 0 spiro atoms. The number of nitrogens with two attached hydrogens (primary N) is 1. The third kappa shape index (κ3) is 2.08. The first kappa shape index (κ1) is 10.3. The molecule has 15 heavy (non-hydrogen) atoms. The van der Waals surface area contributed by atoms with Gasteiger partial charge in [-0.2, -0.15) is 5.10 Å². The highest BCUT2D eigenvalue weighted by atomic mass is 32.2. The highest BCUT2D eigenvalue weighted by Gasteiger charge is 2.08. The number of benzene rings is 1. The lowest BCUT2D eigenvalue weighted by atomic mass is 10.2. The molecule has 1 aromatic carbocycles. The summed E-state index contributed by atoms with van der Waals surface area (Å²) in [6.45, 7) is 2.10. The van der Waals surface area contributed by atoms with E-state index in [1.807, 2.05) is 19.1 Å². The smallest absolute Gasteiger partial charge is 0.0662 e. The first-order valence-corrected chi connectivity index (χ1v) is 5.59. The summed E-state index contributed by atoms with van der Waals surface area (Å²) in [4.78, 5) is 0.980. The number of thioether (sulfide) groups is 1. The maximum Gasteiger partial charge on any atom is 0.0662 e. The summed E-state index contributed by atoms with van der Waals surface area (Å²) in [5, 5.41) is 17.0. The van der Waals surface area contributed by atoms with Gasteiger partial charge in [-0.15, -0.1) is 11.8 Å². The van der Waals surface area contributed by atoms with Crippen molar-refractivity contribution in [2.24, 2.45) is 0 Å². The van der Waals surface area contributed by atoms with Gasteiger partial charge in [0.25, 0.3) is 0 Å². The molecule has 2 rings (SSSR count). The second-order valence-corrected chi connectivity index (χ2v) is 4.94. The van der Waals surface area contributed by atoms with Gasteiger partial charge in [-0.3, -0.25) is 5.10 Å². The molecule has 5 heteroatoms. The summed E-state index contributed by atoms with van der Waals surface area (Å²) < 4.78 is 0. The number of H-pyrrole nitrogens is 1. The predicted octanol–water partition coefficient (Wildman–Crippen LogP) is 1.62. The van der Waals surface area contributed by atoms with Crippen molar-refractivity contribution in [3.63, 3.8) is 0 Å². The average molecular weight is 223 g/mol. The Labute approximate surface area is 91.9 Å².